The predicted molar refractivity (Wildman–Crippen MR) is 16.7 cm³/mol. The first-order chi connectivity index (χ1) is 3.25. The second-order valence-electron chi connectivity index (χ2n) is 1.39. The molecule has 1 radical (unpaired) electrons. The van der Waals surface area contributed by atoms with Crippen molar-refractivity contribution in [3.05, 3.63) is 0 Å². The SMILES string of the molecule is CC(F)(F)C(F)(F)F.[Nb]. The van der Waals surface area contributed by atoms with Crippen LogP contribution in [0, 0.1) is 0 Å². The molecule has 0 aromatic heterocycles. The molecule has 0 aliphatic heterocycles. The molecule has 0 unspecified atom stereocenters. The van der Waals surface area contributed by atoms with Crippen LogP contribution in [0.1, 0.15) is 6.92 Å². The summed E-state index contributed by atoms with van der Waals surface area (Å²) in [5, 5.41) is 0. The van der Waals surface area contributed by atoms with Gasteiger partial charge in [-0.15, -0.1) is 0 Å². The Morgan fingerprint density at radius 3 is 1.00 bits per heavy atom. The minimum absolute atomic E-state index is 0. The largest absolute Gasteiger partial charge is 0.452 e. The van der Waals surface area contributed by atoms with Gasteiger partial charge in [0.1, 0.15) is 0 Å². The second-order valence-corrected chi connectivity index (χ2v) is 1.39. The van der Waals surface area contributed by atoms with E-state index in [0.717, 1.165) is 0 Å². The fourth-order valence-corrected chi connectivity index (χ4v) is 0. The number of alkyl halides is 5. The quantitative estimate of drug-likeness (QED) is 0.439. The summed E-state index contributed by atoms with van der Waals surface area (Å²) in [5.41, 5.74) is 0. The summed E-state index contributed by atoms with van der Waals surface area (Å²) in [6, 6.07) is 0. The van der Waals surface area contributed by atoms with Crippen molar-refractivity contribution in [2.24, 2.45) is 0 Å². The molecule has 0 aromatic carbocycles. The minimum Gasteiger partial charge on any atom is -0.197 e. The van der Waals surface area contributed by atoms with Crippen molar-refractivity contribution in [2.45, 2.75) is 19.0 Å². The molecule has 6 heteroatoms. The molecule has 0 rings (SSSR count). The summed E-state index contributed by atoms with van der Waals surface area (Å²) in [4.78, 5) is 0. The monoisotopic (exact) mass is 227 g/mol. The van der Waals surface area contributed by atoms with Gasteiger partial charge < -0.3 is 0 Å². The maximum Gasteiger partial charge on any atom is 0.452 e. The average Bonchev–Trinajstić information content (AvgIpc) is 1.25. The van der Waals surface area contributed by atoms with Crippen molar-refractivity contribution in [3.63, 3.8) is 0 Å². The molecule has 9 heavy (non-hydrogen) atoms. The number of hydrogen-bond donors (Lipinski definition) is 0. The van der Waals surface area contributed by atoms with Gasteiger partial charge in [0.2, 0.25) is 0 Å². The average molecular weight is 227 g/mol. The van der Waals surface area contributed by atoms with Crippen LogP contribution in [0.2, 0.25) is 0 Å². The normalized spacial score (nSPS) is 12.7. The van der Waals surface area contributed by atoms with Crippen LogP contribution in [0.25, 0.3) is 0 Å². The zero-order valence-electron chi connectivity index (χ0n) is 4.34. The van der Waals surface area contributed by atoms with Crippen molar-refractivity contribution in [2.75, 3.05) is 0 Å². The van der Waals surface area contributed by atoms with E-state index in [0.29, 0.717) is 0 Å². The maximum atomic E-state index is 11.1. The Balaban J connectivity index is 0. The van der Waals surface area contributed by atoms with Crippen molar-refractivity contribution < 1.29 is 44.3 Å². The third-order valence-corrected chi connectivity index (χ3v) is 0.498. The van der Waals surface area contributed by atoms with E-state index in [4.69, 9.17) is 0 Å². The fraction of sp³-hybridized carbons (Fsp3) is 1.00. The molecule has 0 saturated carbocycles. The zero-order chi connectivity index (χ0) is 7.00. The van der Waals surface area contributed by atoms with Crippen LogP contribution >= 0.6 is 0 Å². The van der Waals surface area contributed by atoms with Gasteiger partial charge in [0.25, 0.3) is 0 Å². The molecule has 0 aliphatic carbocycles. The number of hydrogen-bond acceptors (Lipinski definition) is 0. The molecule has 0 atom stereocenters. The standard InChI is InChI=1S/C3H3F5.Nb/c1-2(4,5)3(6,7)8;/h1H3;. The minimum atomic E-state index is -5.40. The van der Waals surface area contributed by atoms with Gasteiger partial charge in [-0.3, -0.25) is 0 Å². The van der Waals surface area contributed by atoms with Gasteiger partial charge in [0.05, 0.1) is 0 Å². The fourth-order valence-electron chi connectivity index (χ4n) is 0. The van der Waals surface area contributed by atoms with E-state index in [2.05, 4.69) is 0 Å². The van der Waals surface area contributed by atoms with Crippen LogP contribution < -0.4 is 0 Å². The molecule has 0 aromatic rings. The summed E-state index contributed by atoms with van der Waals surface area (Å²) in [5.74, 6) is -4.56. The van der Waals surface area contributed by atoms with Crippen LogP contribution in [-0.2, 0) is 22.4 Å². The van der Waals surface area contributed by atoms with Gasteiger partial charge in [-0.1, -0.05) is 0 Å². The molecule has 0 saturated heterocycles. The molecular weight excluding hydrogens is 224 g/mol. The summed E-state index contributed by atoms with van der Waals surface area (Å²) in [6.45, 7) is -0.188. The summed E-state index contributed by atoms with van der Waals surface area (Å²) in [7, 11) is 0. The van der Waals surface area contributed by atoms with Gasteiger partial charge in [-0.25, -0.2) is 0 Å². The second kappa shape index (κ2) is 2.98. The van der Waals surface area contributed by atoms with Gasteiger partial charge in [-0.05, 0) is 0 Å². The van der Waals surface area contributed by atoms with Crippen LogP contribution in [0.15, 0.2) is 0 Å². The first-order valence-corrected chi connectivity index (χ1v) is 1.69. The predicted octanol–water partition coefficient (Wildman–Crippen LogP) is 2.20. The molecule has 0 nitrogen and oxygen atoms in total. The Kier molecular flexibility index (Phi) is 4.01. The third-order valence-electron chi connectivity index (χ3n) is 0.498. The Bertz CT molecular complexity index is 67.2. The van der Waals surface area contributed by atoms with E-state index < -0.39 is 12.1 Å². The first kappa shape index (κ1) is 12.1. The van der Waals surface area contributed by atoms with E-state index in [9.17, 15) is 22.0 Å². The molecular formula is C3H3F5Nb. The van der Waals surface area contributed by atoms with E-state index in [1.807, 2.05) is 0 Å². The summed E-state index contributed by atoms with van der Waals surface area (Å²) in [6.07, 6.45) is -5.40. The summed E-state index contributed by atoms with van der Waals surface area (Å²) < 4.78 is 54.6. The van der Waals surface area contributed by atoms with Crippen molar-refractivity contribution in [1.29, 1.82) is 0 Å². The van der Waals surface area contributed by atoms with Gasteiger partial charge in [0.15, 0.2) is 0 Å². The smallest absolute Gasteiger partial charge is 0.197 e. The van der Waals surface area contributed by atoms with Crippen LogP contribution in [0.4, 0.5) is 22.0 Å². The van der Waals surface area contributed by atoms with Gasteiger partial charge in [-0.2, -0.15) is 22.0 Å². The van der Waals surface area contributed by atoms with E-state index in [-0.39, 0.29) is 29.3 Å². The Labute approximate surface area is 63.9 Å². The Hall–Kier alpha value is 0.390. The zero-order valence-corrected chi connectivity index (χ0v) is 6.54. The number of rotatable bonds is 0. The molecule has 0 N–H and O–H groups in total. The molecule has 0 heterocycles. The molecule has 55 valence electrons. The van der Waals surface area contributed by atoms with Crippen molar-refractivity contribution in [1.82, 2.24) is 0 Å². The van der Waals surface area contributed by atoms with Crippen LogP contribution in [0.5, 0.6) is 0 Å². The molecule has 0 amide bonds. The first-order valence-electron chi connectivity index (χ1n) is 1.69. The van der Waals surface area contributed by atoms with Crippen LogP contribution in [-0.4, -0.2) is 12.1 Å². The maximum absolute atomic E-state index is 11.1. The van der Waals surface area contributed by atoms with Crippen molar-refractivity contribution >= 4 is 0 Å². The van der Waals surface area contributed by atoms with Crippen LogP contribution in [0.3, 0.4) is 0 Å². The number of halogens is 5. The van der Waals surface area contributed by atoms with Gasteiger partial charge in [0, 0.05) is 29.3 Å². The molecule has 0 spiro atoms. The third kappa shape index (κ3) is 3.89. The topological polar surface area (TPSA) is 0 Å². The summed E-state index contributed by atoms with van der Waals surface area (Å²) >= 11 is 0. The molecule has 0 aliphatic rings. The van der Waals surface area contributed by atoms with Crippen molar-refractivity contribution in [3.8, 4) is 0 Å². The Morgan fingerprint density at radius 1 is 0.889 bits per heavy atom. The van der Waals surface area contributed by atoms with E-state index >= 15 is 0 Å². The molecule has 0 bridgehead atoms. The molecule has 0 fully saturated rings. The van der Waals surface area contributed by atoms with E-state index in [1.165, 1.54) is 0 Å². The van der Waals surface area contributed by atoms with E-state index in [1.54, 1.807) is 0 Å². The van der Waals surface area contributed by atoms with Gasteiger partial charge >= 0.3 is 12.1 Å². The Morgan fingerprint density at radius 2 is 1.00 bits per heavy atom.